The molecule has 0 aliphatic heterocycles. The van der Waals surface area contributed by atoms with Crippen LogP contribution < -0.4 is 4.74 Å². The van der Waals surface area contributed by atoms with Crippen molar-refractivity contribution in [3.8, 4) is 5.75 Å². The van der Waals surface area contributed by atoms with Crippen LogP contribution in [-0.4, -0.2) is 41.1 Å². The number of carboxylic acid groups (broad SMARTS) is 1. The van der Waals surface area contributed by atoms with Gasteiger partial charge < -0.3 is 19.6 Å². The molecule has 5 nitrogen and oxygen atoms in total. The van der Waals surface area contributed by atoms with Crippen LogP contribution in [0.4, 0.5) is 0 Å². The van der Waals surface area contributed by atoms with Crippen LogP contribution in [0.15, 0.2) is 47.5 Å². The van der Waals surface area contributed by atoms with Gasteiger partial charge in [0.15, 0.2) is 0 Å². The minimum absolute atomic E-state index is 0.234. The van der Waals surface area contributed by atoms with E-state index in [1.807, 2.05) is 37.0 Å². The Bertz CT molecular complexity index is 1060. The number of aromatic nitrogens is 1. The molecule has 1 aliphatic carbocycles. The van der Waals surface area contributed by atoms with Gasteiger partial charge in [0.05, 0.1) is 23.7 Å². The highest BCUT2D eigenvalue weighted by Crippen LogP contribution is 2.48. The van der Waals surface area contributed by atoms with Gasteiger partial charge in [0, 0.05) is 29.0 Å². The Morgan fingerprint density at radius 3 is 2.68 bits per heavy atom. The fourth-order valence-electron chi connectivity index (χ4n) is 4.63. The first-order chi connectivity index (χ1) is 15.0. The zero-order valence-electron chi connectivity index (χ0n) is 18.2. The van der Waals surface area contributed by atoms with Gasteiger partial charge in [-0.05, 0) is 74.4 Å². The summed E-state index contributed by atoms with van der Waals surface area (Å²) in [4.78, 5) is 15.8. The minimum atomic E-state index is -0.896. The molecule has 1 fully saturated rings. The number of benzene rings is 2. The van der Waals surface area contributed by atoms with Crippen molar-refractivity contribution in [2.75, 3.05) is 13.7 Å². The molecular formula is C25H29NO4S. The number of hydrogen-bond acceptors (Lipinski definition) is 4. The second kappa shape index (κ2) is 9.37. The number of fused-ring (bicyclic) bond motifs is 1. The summed E-state index contributed by atoms with van der Waals surface area (Å²) in [5, 5.41) is 10.8. The van der Waals surface area contributed by atoms with Gasteiger partial charge in [0.25, 0.3) is 0 Å². The second-order valence-corrected chi connectivity index (χ2v) is 9.32. The average molecular weight is 440 g/mol. The Morgan fingerprint density at radius 1 is 1.23 bits per heavy atom. The third-order valence-corrected chi connectivity index (χ3v) is 7.70. The minimum Gasteiger partial charge on any atom is -0.496 e. The van der Waals surface area contributed by atoms with E-state index in [4.69, 9.17) is 9.47 Å². The number of methoxy groups -OCH3 is 1. The SMILES string of the molecule is CCO[C@H]1CC[C@@H](Sc2c(OC)cc(C)c3[nH]ccc23)[C@@H](c2ccc(C(=O)O)cc2)C1. The topological polar surface area (TPSA) is 71.5 Å². The third kappa shape index (κ3) is 4.46. The Labute approximate surface area is 187 Å². The molecule has 3 atom stereocenters. The van der Waals surface area contributed by atoms with E-state index in [-0.39, 0.29) is 12.0 Å². The maximum atomic E-state index is 11.3. The van der Waals surface area contributed by atoms with E-state index in [1.165, 1.54) is 16.5 Å². The predicted octanol–water partition coefficient (Wildman–Crippen LogP) is 6.02. The number of nitrogens with one attached hydrogen (secondary N) is 1. The zero-order valence-corrected chi connectivity index (χ0v) is 19.0. The molecule has 0 amide bonds. The summed E-state index contributed by atoms with van der Waals surface area (Å²) >= 11 is 1.88. The van der Waals surface area contributed by atoms with Gasteiger partial charge in [-0.3, -0.25) is 0 Å². The number of aromatic amines is 1. The van der Waals surface area contributed by atoms with Crippen molar-refractivity contribution >= 4 is 28.6 Å². The fourth-order valence-corrected chi connectivity index (χ4v) is 6.18. The van der Waals surface area contributed by atoms with Crippen LogP contribution in [0.5, 0.6) is 5.75 Å². The number of aryl methyl sites for hydroxylation is 1. The maximum absolute atomic E-state index is 11.3. The maximum Gasteiger partial charge on any atom is 0.335 e. The lowest BCUT2D eigenvalue weighted by Gasteiger charge is -2.36. The van der Waals surface area contributed by atoms with Gasteiger partial charge in [0.2, 0.25) is 0 Å². The van der Waals surface area contributed by atoms with Crippen molar-refractivity contribution < 1.29 is 19.4 Å². The molecule has 31 heavy (non-hydrogen) atoms. The summed E-state index contributed by atoms with van der Waals surface area (Å²) in [5.41, 5.74) is 3.80. The van der Waals surface area contributed by atoms with E-state index in [1.54, 1.807) is 19.2 Å². The van der Waals surface area contributed by atoms with Gasteiger partial charge in [0.1, 0.15) is 5.75 Å². The molecule has 1 aliphatic rings. The highest BCUT2D eigenvalue weighted by molar-refractivity contribution is 8.00. The molecule has 4 rings (SSSR count). The highest BCUT2D eigenvalue weighted by Gasteiger charge is 2.34. The molecule has 1 heterocycles. The standard InChI is InChI=1S/C25H29NO4S/c1-4-30-18-9-10-22(20(14-18)16-5-7-17(8-6-16)25(27)28)31-24-19-11-12-26-23(19)15(2)13-21(24)29-3/h5-8,11-13,18,20,22,26H,4,9-10,14H2,1-3H3,(H,27,28)/t18-,20+,22+/m0/s1. The quantitative estimate of drug-likeness (QED) is 0.471. The van der Waals surface area contributed by atoms with Crippen molar-refractivity contribution in [3.63, 3.8) is 0 Å². The van der Waals surface area contributed by atoms with Crippen LogP contribution >= 0.6 is 11.8 Å². The van der Waals surface area contributed by atoms with E-state index in [0.29, 0.717) is 17.4 Å². The van der Waals surface area contributed by atoms with Crippen molar-refractivity contribution in [2.45, 2.75) is 55.3 Å². The first kappa shape index (κ1) is 21.8. The molecule has 2 aromatic carbocycles. The van der Waals surface area contributed by atoms with E-state index < -0.39 is 5.97 Å². The number of carboxylic acids is 1. The van der Waals surface area contributed by atoms with Crippen LogP contribution in [-0.2, 0) is 4.74 Å². The largest absolute Gasteiger partial charge is 0.496 e. The number of carbonyl (C=O) groups is 1. The Morgan fingerprint density at radius 2 is 2.00 bits per heavy atom. The number of ether oxygens (including phenoxy) is 2. The lowest BCUT2D eigenvalue weighted by atomic mass is 9.81. The van der Waals surface area contributed by atoms with Crippen molar-refractivity contribution in [3.05, 3.63) is 59.3 Å². The Hall–Kier alpha value is -2.44. The monoisotopic (exact) mass is 439 g/mol. The first-order valence-corrected chi connectivity index (χ1v) is 11.7. The molecule has 0 radical (unpaired) electrons. The summed E-state index contributed by atoms with van der Waals surface area (Å²) in [6, 6.07) is 11.6. The van der Waals surface area contributed by atoms with Crippen LogP contribution in [0.1, 0.15) is 53.6 Å². The molecular weight excluding hydrogens is 410 g/mol. The van der Waals surface area contributed by atoms with Crippen molar-refractivity contribution in [1.82, 2.24) is 4.98 Å². The van der Waals surface area contributed by atoms with E-state index >= 15 is 0 Å². The number of rotatable bonds is 7. The van der Waals surface area contributed by atoms with Gasteiger partial charge in [-0.25, -0.2) is 4.79 Å². The number of thioether (sulfide) groups is 1. The average Bonchev–Trinajstić information content (AvgIpc) is 3.27. The van der Waals surface area contributed by atoms with Crippen LogP contribution in [0.2, 0.25) is 0 Å². The van der Waals surface area contributed by atoms with E-state index in [0.717, 1.165) is 35.4 Å². The van der Waals surface area contributed by atoms with Gasteiger partial charge in [-0.15, -0.1) is 11.8 Å². The zero-order chi connectivity index (χ0) is 22.0. The second-order valence-electron chi connectivity index (χ2n) is 8.07. The normalized spacial score (nSPS) is 21.3. The predicted molar refractivity (Wildman–Crippen MR) is 125 cm³/mol. The molecule has 164 valence electrons. The Balaban J connectivity index is 1.69. The number of H-pyrrole nitrogens is 1. The molecule has 0 saturated heterocycles. The lowest BCUT2D eigenvalue weighted by Crippen LogP contribution is -2.30. The molecule has 6 heteroatoms. The number of aromatic carboxylic acids is 1. The van der Waals surface area contributed by atoms with Crippen LogP contribution in [0.25, 0.3) is 10.9 Å². The molecule has 2 N–H and O–H groups in total. The third-order valence-electron chi connectivity index (χ3n) is 6.17. The highest BCUT2D eigenvalue weighted by atomic mass is 32.2. The van der Waals surface area contributed by atoms with E-state index in [9.17, 15) is 9.90 Å². The van der Waals surface area contributed by atoms with Crippen LogP contribution in [0.3, 0.4) is 0 Å². The smallest absolute Gasteiger partial charge is 0.335 e. The summed E-state index contributed by atoms with van der Waals surface area (Å²) < 4.78 is 11.7. The molecule has 0 spiro atoms. The summed E-state index contributed by atoms with van der Waals surface area (Å²) in [6.07, 6.45) is 5.21. The first-order valence-electron chi connectivity index (χ1n) is 10.8. The van der Waals surface area contributed by atoms with Gasteiger partial charge in [-0.2, -0.15) is 0 Å². The fraction of sp³-hybridized carbons (Fsp3) is 0.400. The molecule has 1 saturated carbocycles. The summed E-state index contributed by atoms with van der Waals surface area (Å²) in [7, 11) is 1.73. The van der Waals surface area contributed by atoms with E-state index in [2.05, 4.69) is 24.0 Å². The van der Waals surface area contributed by atoms with Gasteiger partial charge >= 0.3 is 5.97 Å². The van der Waals surface area contributed by atoms with Crippen LogP contribution in [0, 0.1) is 6.92 Å². The molecule has 0 bridgehead atoms. The number of hydrogen-bond donors (Lipinski definition) is 2. The lowest BCUT2D eigenvalue weighted by molar-refractivity contribution is 0.0321. The van der Waals surface area contributed by atoms with Crippen molar-refractivity contribution in [1.29, 1.82) is 0 Å². The summed E-state index contributed by atoms with van der Waals surface area (Å²) in [6.45, 7) is 4.84. The van der Waals surface area contributed by atoms with Gasteiger partial charge in [-0.1, -0.05) is 12.1 Å². The Kier molecular flexibility index (Phi) is 6.58. The molecule has 1 aromatic heterocycles. The molecule has 0 unspecified atom stereocenters. The summed E-state index contributed by atoms with van der Waals surface area (Å²) in [5.74, 6) is 0.284. The van der Waals surface area contributed by atoms with Crippen molar-refractivity contribution in [2.24, 2.45) is 0 Å². The molecule has 3 aromatic rings.